The molecule has 1 aliphatic rings. The summed E-state index contributed by atoms with van der Waals surface area (Å²) in [6.45, 7) is 0. The van der Waals surface area contributed by atoms with Crippen LogP contribution in [0.25, 0.3) is 0 Å². The molecule has 3 aromatic carbocycles. The molecule has 3 heteroatoms. The fourth-order valence-electron chi connectivity index (χ4n) is 4.42. The first-order valence-electron chi connectivity index (χ1n) is 9.03. The second-order valence-corrected chi connectivity index (χ2v) is 6.94. The summed E-state index contributed by atoms with van der Waals surface area (Å²) in [5.41, 5.74) is 1.98. The van der Waals surface area contributed by atoms with Crippen LogP contribution < -0.4 is 4.74 Å². The molecule has 4 rings (SSSR count). The van der Waals surface area contributed by atoms with Gasteiger partial charge in [-0.15, -0.1) is 0 Å². The molecule has 136 valence electrons. The van der Waals surface area contributed by atoms with Gasteiger partial charge in [-0.25, -0.2) is 0 Å². The van der Waals surface area contributed by atoms with E-state index in [9.17, 15) is 4.79 Å². The molecule has 27 heavy (non-hydrogen) atoms. The Kier molecular flexibility index (Phi) is 4.23. The van der Waals surface area contributed by atoms with Gasteiger partial charge in [0.1, 0.15) is 11.2 Å². The van der Waals surface area contributed by atoms with Crippen molar-refractivity contribution in [2.24, 2.45) is 0 Å². The second kappa shape index (κ2) is 6.58. The lowest BCUT2D eigenvalue weighted by Crippen LogP contribution is -2.32. The molecule has 0 aromatic heterocycles. The van der Waals surface area contributed by atoms with Gasteiger partial charge in [0.25, 0.3) is 0 Å². The van der Waals surface area contributed by atoms with Crippen molar-refractivity contribution in [3.8, 4) is 5.75 Å². The Morgan fingerprint density at radius 2 is 1.26 bits per heavy atom. The van der Waals surface area contributed by atoms with Crippen LogP contribution in [-0.4, -0.2) is 20.2 Å². The fraction of sp³-hybridized carbons (Fsp3) is 0.208. The highest BCUT2D eigenvalue weighted by Gasteiger charge is 2.74. The quantitative estimate of drug-likeness (QED) is 0.630. The number of benzene rings is 3. The standard InChI is InChI=1S/C24H22O3/c1-26-21-15-13-20(14-16-21)23(18-9-5-3-6-10-18)17-24(23,22(25)27-2)19-11-7-4-8-12-19/h3-16H,17H2,1-2H3/t23-,24-/m0/s1. The lowest BCUT2D eigenvalue weighted by molar-refractivity contribution is -0.144. The number of rotatable bonds is 5. The second-order valence-electron chi connectivity index (χ2n) is 6.94. The zero-order chi connectivity index (χ0) is 18.9. The lowest BCUT2D eigenvalue weighted by Gasteiger charge is -2.26. The van der Waals surface area contributed by atoms with Gasteiger partial charge in [0.2, 0.25) is 0 Å². The normalized spacial score (nSPS) is 23.5. The molecule has 0 N–H and O–H groups in total. The lowest BCUT2D eigenvalue weighted by atomic mass is 9.77. The smallest absolute Gasteiger partial charge is 0.317 e. The number of hydrogen-bond donors (Lipinski definition) is 0. The van der Waals surface area contributed by atoms with Gasteiger partial charge in [0, 0.05) is 5.41 Å². The largest absolute Gasteiger partial charge is 0.497 e. The first-order valence-corrected chi connectivity index (χ1v) is 9.03. The van der Waals surface area contributed by atoms with Crippen LogP contribution in [0, 0.1) is 0 Å². The van der Waals surface area contributed by atoms with E-state index in [-0.39, 0.29) is 5.97 Å². The van der Waals surface area contributed by atoms with Crippen molar-refractivity contribution in [1.29, 1.82) is 0 Å². The predicted octanol–water partition coefficient (Wildman–Crippen LogP) is 4.50. The average molecular weight is 358 g/mol. The van der Waals surface area contributed by atoms with Crippen LogP contribution in [0.3, 0.4) is 0 Å². The first kappa shape index (κ1) is 17.3. The molecule has 0 aliphatic heterocycles. The molecule has 0 amide bonds. The van der Waals surface area contributed by atoms with E-state index in [4.69, 9.17) is 9.47 Å². The van der Waals surface area contributed by atoms with Gasteiger partial charge in [0.15, 0.2) is 0 Å². The zero-order valence-corrected chi connectivity index (χ0v) is 15.5. The monoisotopic (exact) mass is 358 g/mol. The maximum absolute atomic E-state index is 13.1. The van der Waals surface area contributed by atoms with Crippen LogP contribution in [0.5, 0.6) is 5.75 Å². The van der Waals surface area contributed by atoms with Crippen LogP contribution in [0.2, 0.25) is 0 Å². The van der Waals surface area contributed by atoms with Gasteiger partial charge in [-0.2, -0.15) is 0 Å². The Bertz CT molecular complexity index is 934. The predicted molar refractivity (Wildman–Crippen MR) is 105 cm³/mol. The SMILES string of the molecule is COC(=O)[C@@]1(c2ccccc2)C[C@]1(c1ccccc1)c1ccc(OC)cc1. The molecule has 3 nitrogen and oxygen atoms in total. The van der Waals surface area contributed by atoms with Gasteiger partial charge in [0.05, 0.1) is 14.2 Å². The Balaban J connectivity index is 1.96. The van der Waals surface area contributed by atoms with Crippen LogP contribution >= 0.6 is 0 Å². The summed E-state index contributed by atoms with van der Waals surface area (Å²) in [4.78, 5) is 13.1. The minimum atomic E-state index is -0.737. The average Bonchev–Trinajstić information content (AvgIpc) is 3.47. The topological polar surface area (TPSA) is 35.5 Å². The van der Waals surface area contributed by atoms with Crippen molar-refractivity contribution in [2.75, 3.05) is 14.2 Å². The molecule has 2 atom stereocenters. The highest BCUT2D eigenvalue weighted by Crippen LogP contribution is 2.69. The highest BCUT2D eigenvalue weighted by molar-refractivity contribution is 5.93. The highest BCUT2D eigenvalue weighted by atomic mass is 16.5. The first-order chi connectivity index (χ1) is 13.2. The number of ether oxygens (including phenoxy) is 2. The summed E-state index contributed by atoms with van der Waals surface area (Å²) in [5.74, 6) is 0.597. The summed E-state index contributed by atoms with van der Waals surface area (Å²) in [5, 5.41) is 0. The van der Waals surface area contributed by atoms with E-state index in [2.05, 4.69) is 24.3 Å². The Labute approximate surface area is 159 Å². The molecule has 3 aromatic rings. The Morgan fingerprint density at radius 1 is 0.741 bits per heavy atom. The van der Waals surface area contributed by atoms with Crippen molar-refractivity contribution >= 4 is 5.97 Å². The van der Waals surface area contributed by atoms with Crippen molar-refractivity contribution < 1.29 is 14.3 Å². The van der Waals surface area contributed by atoms with Crippen LogP contribution in [0.15, 0.2) is 84.9 Å². The molecule has 1 aliphatic carbocycles. The zero-order valence-electron chi connectivity index (χ0n) is 15.5. The summed E-state index contributed by atoms with van der Waals surface area (Å²) < 4.78 is 10.6. The van der Waals surface area contributed by atoms with Crippen molar-refractivity contribution in [1.82, 2.24) is 0 Å². The molecule has 0 spiro atoms. The molecule has 0 saturated heterocycles. The number of carbonyl (C=O) groups is 1. The van der Waals surface area contributed by atoms with E-state index in [1.807, 2.05) is 60.7 Å². The molecule has 0 unspecified atom stereocenters. The maximum atomic E-state index is 13.1. The molecule has 1 saturated carbocycles. The molecule has 1 fully saturated rings. The van der Waals surface area contributed by atoms with Gasteiger partial charge < -0.3 is 9.47 Å². The third kappa shape index (κ3) is 2.46. The third-order valence-electron chi connectivity index (χ3n) is 5.78. The Morgan fingerprint density at radius 3 is 1.78 bits per heavy atom. The van der Waals surface area contributed by atoms with Crippen molar-refractivity contribution in [3.63, 3.8) is 0 Å². The van der Waals surface area contributed by atoms with Crippen LogP contribution in [0.1, 0.15) is 23.1 Å². The van der Waals surface area contributed by atoms with Gasteiger partial charge in [-0.1, -0.05) is 72.8 Å². The summed E-state index contributed by atoms with van der Waals surface area (Å²) in [7, 11) is 3.12. The van der Waals surface area contributed by atoms with Gasteiger partial charge in [-0.3, -0.25) is 4.79 Å². The van der Waals surface area contributed by atoms with Gasteiger partial charge in [-0.05, 0) is 35.2 Å². The summed E-state index contributed by atoms with van der Waals surface area (Å²) >= 11 is 0. The van der Waals surface area contributed by atoms with Gasteiger partial charge >= 0.3 is 5.97 Å². The van der Waals surface area contributed by atoms with Crippen LogP contribution in [0.4, 0.5) is 0 Å². The minimum Gasteiger partial charge on any atom is -0.497 e. The number of esters is 1. The fourth-order valence-corrected chi connectivity index (χ4v) is 4.42. The molecular formula is C24H22O3. The third-order valence-corrected chi connectivity index (χ3v) is 5.78. The molecule has 0 bridgehead atoms. The molecule has 0 radical (unpaired) electrons. The van der Waals surface area contributed by atoms with Crippen molar-refractivity contribution in [2.45, 2.75) is 17.3 Å². The number of hydrogen-bond acceptors (Lipinski definition) is 3. The van der Waals surface area contributed by atoms with E-state index >= 15 is 0 Å². The molecule has 0 heterocycles. The molecular weight excluding hydrogens is 336 g/mol. The number of carbonyl (C=O) groups excluding carboxylic acids is 1. The van der Waals surface area contributed by atoms with Crippen molar-refractivity contribution in [3.05, 3.63) is 102 Å². The van der Waals surface area contributed by atoms with E-state index < -0.39 is 10.8 Å². The number of methoxy groups -OCH3 is 2. The minimum absolute atomic E-state index is 0.201. The van der Waals surface area contributed by atoms with E-state index in [1.54, 1.807) is 7.11 Å². The summed E-state index contributed by atoms with van der Waals surface area (Å²) in [6.07, 6.45) is 0.674. The summed E-state index contributed by atoms with van der Waals surface area (Å²) in [6, 6.07) is 28.2. The van der Waals surface area contributed by atoms with E-state index in [0.717, 1.165) is 22.4 Å². The maximum Gasteiger partial charge on any atom is 0.317 e. The Hall–Kier alpha value is -3.07. The van der Waals surface area contributed by atoms with E-state index in [1.165, 1.54) is 7.11 Å². The van der Waals surface area contributed by atoms with Crippen LogP contribution in [-0.2, 0) is 20.4 Å². The van der Waals surface area contributed by atoms with E-state index in [0.29, 0.717) is 6.42 Å².